The first-order valence-corrected chi connectivity index (χ1v) is 4.85. The van der Waals surface area contributed by atoms with Crippen molar-refractivity contribution in [2.45, 2.75) is 25.1 Å². The molecule has 2 nitrogen and oxygen atoms in total. The number of hydrogen-bond donors (Lipinski definition) is 0. The molecule has 1 aromatic rings. The second kappa shape index (κ2) is 3.39. The fourth-order valence-electron chi connectivity index (χ4n) is 1.14. The molecule has 1 aromatic heterocycles. The van der Waals surface area contributed by atoms with Crippen LogP contribution in [0, 0.1) is 0 Å². The number of hydrogen-bond acceptors (Lipinski definition) is 1. The summed E-state index contributed by atoms with van der Waals surface area (Å²) in [6.07, 6.45) is 2.06. The third-order valence-electron chi connectivity index (χ3n) is 1.63. The third-order valence-corrected chi connectivity index (χ3v) is 2.23. The quantitative estimate of drug-likeness (QED) is 0.695. The maximum atomic E-state index is 4.37. The summed E-state index contributed by atoms with van der Waals surface area (Å²) in [5.41, 5.74) is 2.49. The highest BCUT2D eigenvalue weighted by molar-refractivity contribution is 9.08. The molecule has 0 saturated heterocycles. The molecule has 0 aliphatic heterocycles. The summed E-state index contributed by atoms with van der Waals surface area (Å²) in [5.74, 6) is 0.517. The molecule has 0 fully saturated rings. The number of aryl methyl sites for hydroxylation is 1. The predicted molar refractivity (Wildman–Crippen MR) is 49.9 cm³/mol. The van der Waals surface area contributed by atoms with Crippen molar-refractivity contribution in [3.05, 3.63) is 17.5 Å². The molecule has 11 heavy (non-hydrogen) atoms. The molecule has 0 unspecified atom stereocenters. The van der Waals surface area contributed by atoms with E-state index in [-0.39, 0.29) is 0 Å². The first-order chi connectivity index (χ1) is 5.15. The van der Waals surface area contributed by atoms with E-state index in [2.05, 4.69) is 41.1 Å². The minimum atomic E-state index is 0.517. The van der Waals surface area contributed by atoms with E-state index in [0.29, 0.717) is 5.92 Å². The van der Waals surface area contributed by atoms with Gasteiger partial charge in [-0.2, -0.15) is 5.10 Å². The number of nitrogens with zero attached hydrogens (tertiary/aromatic N) is 2. The number of halogens is 1. The van der Waals surface area contributed by atoms with Crippen molar-refractivity contribution in [2.75, 3.05) is 0 Å². The lowest BCUT2D eigenvalue weighted by Gasteiger charge is -2.00. The molecule has 0 aliphatic carbocycles. The molecule has 1 heterocycles. The van der Waals surface area contributed by atoms with Gasteiger partial charge in [0.25, 0.3) is 0 Å². The first kappa shape index (κ1) is 8.78. The van der Waals surface area contributed by atoms with Gasteiger partial charge in [0, 0.05) is 24.1 Å². The van der Waals surface area contributed by atoms with E-state index in [9.17, 15) is 0 Å². The predicted octanol–water partition coefficient (Wildman–Crippen LogP) is 2.44. The smallest absolute Gasteiger partial charge is 0.0690 e. The topological polar surface area (TPSA) is 17.8 Å². The van der Waals surface area contributed by atoms with Gasteiger partial charge in [-0.3, -0.25) is 4.68 Å². The van der Waals surface area contributed by atoms with Crippen molar-refractivity contribution in [1.82, 2.24) is 9.78 Å². The Morgan fingerprint density at radius 3 is 2.64 bits per heavy atom. The Morgan fingerprint density at radius 2 is 2.27 bits per heavy atom. The van der Waals surface area contributed by atoms with Crippen LogP contribution in [0.25, 0.3) is 0 Å². The highest BCUT2D eigenvalue weighted by atomic mass is 79.9. The van der Waals surface area contributed by atoms with E-state index in [0.717, 1.165) is 5.33 Å². The molecule has 0 radical (unpaired) electrons. The Hall–Kier alpha value is -0.310. The molecule has 0 atom stereocenters. The zero-order valence-electron chi connectivity index (χ0n) is 7.13. The lowest BCUT2D eigenvalue weighted by molar-refractivity contribution is 0.712. The summed E-state index contributed by atoms with van der Waals surface area (Å²) >= 11 is 3.44. The highest BCUT2D eigenvalue weighted by Gasteiger charge is 2.09. The summed E-state index contributed by atoms with van der Waals surface area (Å²) in [6, 6.07) is 0. The minimum Gasteiger partial charge on any atom is -0.275 e. The monoisotopic (exact) mass is 216 g/mol. The van der Waals surface area contributed by atoms with Crippen LogP contribution in [0.4, 0.5) is 0 Å². The first-order valence-electron chi connectivity index (χ1n) is 3.73. The van der Waals surface area contributed by atoms with E-state index >= 15 is 0 Å². The molecular formula is C8H13BrN2. The Labute approximate surface area is 75.7 Å². The molecule has 0 saturated carbocycles. The molecule has 0 bridgehead atoms. The Bertz CT molecular complexity index is 240. The Morgan fingerprint density at radius 1 is 1.64 bits per heavy atom. The van der Waals surface area contributed by atoms with Gasteiger partial charge in [-0.1, -0.05) is 29.8 Å². The lowest BCUT2D eigenvalue weighted by atomic mass is 10.1. The summed E-state index contributed by atoms with van der Waals surface area (Å²) in [5, 5.41) is 5.26. The fraction of sp³-hybridized carbons (Fsp3) is 0.625. The molecule has 0 aromatic carbocycles. The molecule has 3 heteroatoms. The van der Waals surface area contributed by atoms with Gasteiger partial charge in [-0.15, -0.1) is 0 Å². The maximum absolute atomic E-state index is 4.37. The molecule has 62 valence electrons. The van der Waals surface area contributed by atoms with Crippen LogP contribution < -0.4 is 0 Å². The largest absolute Gasteiger partial charge is 0.275 e. The van der Waals surface area contributed by atoms with Crippen LogP contribution in [0.1, 0.15) is 31.0 Å². The lowest BCUT2D eigenvalue weighted by Crippen LogP contribution is -1.93. The van der Waals surface area contributed by atoms with Crippen molar-refractivity contribution in [2.24, 2.45) is 7.05 Å². The molecule has 1 rings (SSSR count). The van der Waals surface area contributed by atoms with Crippen LogP contribution in [0.2, 0.25) is 0 Å². The maximum Gasteiger partial charge on any atom is 0.0690 e. The molecule has 0 amide bonds. The van der Waals surface area contributed by atoms with E-state index in [1.807, 2.05) is 11.7 Å². The van der Waals surface area contributed by atoms with Crippen LogP contribution in [-0.4, -0.2) is 9.78 Å². The van der Waals surface area contributed by atoms with Gasteiger partial charge in [-0.05, 0) is 5.92 Å². The van der Waals surface area contributed by atoms with Crippen molar-refractivity contribution < 1.29 is 0 Å². The average Bonchev–Trinajstić information content (AvgIpc) is 2.30. The van der Waals surface area contributed by atoms with Crippen molar-refractivity contribution in [3.8, 4) is 0 Å². The SMILES string of the molecule is CC(C)c1nn(C)cc1CBr. The van der Waals surface area contributed by atoms with Gasteiger partial charge < -0.3 is 0 Å². The molecule has 0 N–H and O–H groups in total. The zero-order valence-corrected chi connectivity index (χ0v) is 8.72. The van der Waals surface area contributed by atoms with E-state index < -0.39 is 0 Å². The Kier molecular flexibility index (Phi) is 2.71. The van der Waals surface area contributed by atoms with Gasteiger partial charge in [0.1, 0.15) is 0 Å². The van der Waals surface area contributed by atoms with Gasteiger partial charge in [0.15, 0.2) is 0 Å². The summed E-state index contributed by atoms with van der Waals surface area (Å²) in [4.78, 5) is 0. The standard InChI is InChI=1S/C8H13BrN2/c1-6(2)8-7(4-9)5-11(3)10-8/h5-6H,4H2,1-3H3. The van der Waals surface area contributed by atoms with Crippen LogP contribution in [0.3, 0.4) is 0 Å². The normalized spacial score (nSPS) is 11.0. The average molecular weight is 217 g/mol. The molecule has 0 aliphatic rings. The van der Waals surface area contributed by atoms with Crippen molar-refractivity contribution in [3.63, 3.8) is 0 Å². The van der Waals surface area contributed by atoms with Gasteiger partial charge in [-0.25, -0.2) is 0 Å². The van der Waals surface area contributed by atoms with Crippen LogP contribution in [0.15, 0.2) is 6.20 Å². The number of aromatic nitrogens is 2. The van der Waals surface area contributed by atoms with Crippen LogP contribution in [0.5, 0.6) is 0 Å². The van der Waals surface area contributed by atoms with Crippen molar-refractivity contribution >= 4 is 15.9 Å². The fourth-order valence-corrected chi connectivity index (χ4v) is 1.58. The zero-order chi connectivity index (χ0) is 8.43. The summed E-state index contributed by atoms with van der Waals surface area (Å²) in [7, 11) is 1.96. The summed E-state index contributed by atoms with van der Waals surface area (Å²) in [6.45, 7) is 4.32. The molecule has 0 spiro atoms. The van der Waals surface area contributed by atoms with Gasteiger partial charge >= 0.3 is 0 Å². The van der Waals surface area contributed by atoms with E-state index in [1.165, 1.54) is 11.3 Å². The van der Waals surface area contributed by atoms with Gasteiger partial charge in [0.05, 0.1) is 5.69 Å². The summed E-state index contributed by atoms with van der Waals surface area (Å²) < 4.78 is 1.87. The second-order valence-corrected chi connectivity index (χ2v) is 3.56. The van der Waals surface area contributed by atoms with Crippen LogP contribution >= 0.6 is 15.9 Å². The van der Waals surface area contributed by atoms with E-state index in [1.54, 1.807) is 0 Å². The van der Waals surface area contributed by atoms with E-state index in [4.69, 9.17) is 0 Å². The number of rotatable bonds is 2. The van der Waals surface area contributed by atoms with Crippen molar-refractivity contribution in [1.29, 1.82) is 0 Å². The second-order valence-electron chi connectivity index (χ2n) is 3.00. The third kappa shape index (κ3) is 1.83. The molecular weight excluding hydrogens is 204 g/mol. The minimum absolute atomic E-state index is 0.517. The van der Waals surface area contributed by atoms with Crippen LogP contribution in [-0.2, 0) is 12.4 Å². The number of alkyl halides is 1. The highest BCUT2D eigenvalue weighted by Crippen LogP contribution is 2.18. The van der Waals surface area contributed by atoms with Gasteiger partial charge in [0.2, 0.25) is 0 Å². The Balaban J connectivity index is 3.02.